The highest BCUT2D eigenvalue weighted by Gasteiger charge is 2.18. The van der Waals surface area contributed by atoms with E-state index in [0.29, 0.717) is 23.0 Å². The number of H-pyrrole nitrogens is 1. The van der Waals surface area contributed by atoms with Crippen molar-refractivity contribution in [1.29, 1.82) is 0 Å². The van der Waals surface area contributed by atoms with Crippen LogP contribution in [0.2, 0.25) is 0 Å². The van der Waals surface area contributed by atoms with Gasteiger partial charge in [0.25, 0.3) is 0 Å². The molecule has 0 aliphatic carbocycles. The topological polar surface area (TPSA) is 69.5 Å². The van der Waals surface area contributed by atoms with Crippen molar-refractivity contribution in [2.24, 2.45) is 0 Å². The molecule has 30 heavy (non-hydrogen) atoms. The Balaban J connectivity index is 1.71. The molecule has 0 saturated carbocycles. The van der Waals surface area contributed by atoms with Gasteiger partial charge in [0.05, 0.1) is 21.3 Å². The molecule has 0 spiro atoms. The third kappa shape index (κ3) is 2.76. The molecule has 6 nitrogen and oxygen atoms in total. The predicted molar refractivity (Wildman–Crippen MR) is 116 cm³/mol. The van der Waals surface area contributed by atoms with Gasteiger partial charge in [-0.2, -0.15) is 0 Å². The van der Waals surface area contributed by atoms with Crippen LogP contribution in [0.3, 0.4) is 0 Å². The van der Waals surface area contributed by atoms with Crippen LogP contribution in [0.25, 0.3) is 44.5 Å². The summed E-state index contributed by atoms with van der Waals surface area (Å²) in [5.41, 5.74) is 5.48. The standard InChI is InChI=1S/C24H20N2O4/c1-27-21-11-14(12-22(28-2)24(21)29-3)20-13-19-23(30-20)17(8-10-26-19)15-5-4-6-18-16(15)7-9-25-18/h4-13,25H,1-3H3. The fourth-order valence-electron chi connectivity index (χ4n) is 3.84. The van der Waals surface area contributed by atoms with Gasteiger partial charge < -0.3 is 23.6 Å². The van der Waals surface area contributed by atoms with Gasteiger partial charge >= 0.3 is 0 Å². The van der Waals surface area contributed by atoms with Crippen LogP contribution in [0.1, 0.15) is 0 Å². The van der Waals surface area contributed by atoms with Gasteiger partial charge in [0.1, 0.15) is 11.3 Å². The zero-order chi connectivity index (χ0) is 20.7. The molecule has 0 radical (unpaired) electrons. The lowest BCUT2D eigenvalue weighted by Crippen LogP contribution is -1.95. The van der Waals surface area contributed by atoms with Crippen molar-refractivity contribution in [3.63, 3.8) is 0 Å². The van der Waals surface area contributed by atoms with E-state index in [9.17, 15) is 0 Å². The Morgan fingerprint density at radius 3 is 2.40 bits per heavy atom. The van der Waals surface area contributed by atoms with Crippen LogP contribution < -0.4 is 14.2 Å². The van der Waals surface area contributed by atoms with Gasteiger partial charge in [-0.15, -0.1) is 0 Å². The molecule has 6 heteroatoms. The SMILES string of the molecule is COc1cc(-c2cc3nccc(-c4cccc5[nH]ccc45)c3o2)cc(OC)c1OC. The molecule has 0 unspecified atom stereocenters. The van der Waals surface area contributed by atoms with Crippen molar-refractivity contribution < 1.29 is 18.6 Å². The van der Waals surface area contributed by atoms with E-state index in [4.69, 9.17) is 18.6 Å². The molecule has 0 atom stereocenters. The minimum absolute atomic E-state index is 0.540. The summed E-state index contributed by atoms with van der Waals surface area (Å²) in [7, 11) is 4.77. The average Bonchev–Trinajstić information content (AvgIpc) is 3.44. The van der Waals surface area contributed by atoms with Crippen LogP contribution in [0, 0.1) is 0 Å². The molecule has 5 aromatic rings. The lowest BCUT2D eigenvalue weighted by atomic mass is 10.0. The van der Waals surface area contributed by atoms with E-state index in [1.165, 1.54) is 0 Å². The summed E-state index contributed by atoms with van der Waals surface area (Å²) in [6.07, 6.45) is 3.74. The van der Waals surface area contributed by atoms with E-state index in [-0.39, 0.29) is 0 Å². The molecule has 3 heterocycles. The monoisotopic (exact) mass is 400 g/mol. The number of aromatic nitrogens is 2. The molecule has 0 saturated heterocycles. The molecule has 3 aromatic heterocycles. The Hall–Kier alpha value is -3.93. The van der Waals surface area contributed by atoms with Crippen molar-refractivity contribution in [3.8, 4) is 39.7 Å². The molecule has 0 fully saturated rings. The van der Waals surface area contributed by atoms with E-state index in [2.05, 4.69) is 28.2 Å². The Bertz CT molecular complexity index is 1340. The normalized spacial score (nSPS) is 11.2. The van der Waals surface area contributed by atoms with Crippen LogP contribution >= 0.6 is 0 Å². The molecule has 0 aliphatic heterocycles. The first-order valence-electron chi connectivity index (χ1n) is 9.49. The lowest BCUT2D eigenvalue weighted by molar-refractivity contribution is 0.324. The Morgan fingerprint density at radius 1 is 0.867 bits per heavy atom. The quantitative estimate of drug-likeness (QED) is 0.412. The van der Waals surface area contributed by atoms with E-state index in [0.717, 1.165) is 38.7 Å². The van der Waals surface area contributed by atoms with Crippen molar-refractivity contribution in [2.75, 3.05) is 21.3 Å². The fraction of sp³-hybridized carbons (Fsp3) is 0.125. The molecule has 5 rings (SSSR count). The number of rotatable bonds is 5. The molecular weight excluding hydrogens is 380 g/mol. The van der Waals surface area contributed by atoms with Gasteiger partial charge in [0.2, 0.25) is 5.75 Å². The van der Waals surface area contributed by atoms with Crippen molar-refractivity contribution in [2.45, 2.75) is 0 Å². The molecule has 0 amide bonds. The molecule has 1 N–H and O–H groups in total. The van der Waals surface area contributed by atoms with Crippen LogP contribution in [-0.2, 0) is 0 Å². The maximum atomic E-state index is 6.31. The van der Waals surface area contributed by atoms with E-state index >= 15 is 0 Å². The third-order valence-corrected chi connectivity index (χ3v) is 5.25. The summed E-state index contributed by atoms with van der Waals surface area (Å²) in [6.45, 7) is 0. The minimum atomic E-state index is 0.540. The number of nitrogens with one attached hydrogen (secondary N) is 1. The zero-order valence-electron chi connectivity index (χ0n) is 16.9. The molecular formula is C24H20N2O4. The van der Waals surface area contributed by atoms with Gasteiger partial charge in [0.15, 0.2) is 17.1 Å². The second-order valence-electron chi connectivity index (χ2n) is 6.84. The van der Waals surface area contributed by atoms with E-state index in [1.54, 1.807) is 27.5 Å². The minimum Gasteiger partial charge on any atom is -0.493 e. The highest BCUT2D eigenvalue weighted by Crippen LogP contribution is 2.43. The van der Waals surface area contributed by atoms with Crippen LogP contribution in [0.4, 0.5) is 0 Å². The summed E-state index contributed by atoms with van der Waals surface area (Å²) in [5.74, 6) is 2.35. The Kier molecular flexibility index (Phi) is 4.32. The average molecular weight is 400 g/mol. The first-order chi connectivity index (χ1) is 14.7. The van der Waals surface area contributed by atoms with Crippen LogP contribution in [0.15, 0.2) is 65.3 Å². The number of methoxy groups -OCH3 is 3. The third-order valence-electron chi connectivity index (χ3n) is 5.25. The molecule has 2 aromatic carbocycles. The maximum Gasteiger partial charge on any atom is 0.203 e. The molecule has 150 valence electrons. The number of nitrogens with zero attached hydrogens (tertiary/aromatic N) is 1. The van der Waals surface area contributed by atoms with Crippen molar-refractivity contribution >= 4 is 22.0 Å². The fourth-order valence-corrected chi connectivity index (χ4v) is 3.84. The Morgan fingerprint density at radius 2 is 1.67 bits per heavy atom. The van der Waals surface area contributed by atoms with Gasteiger partial charge in [-0.25, -0.2) is 0 Å². The summed E-state index contributed by atoms with van der Waals surface area (Å²) < 4.78 is 22.7. The van der Waals surface area contributed by atoms with Gasteiger partial charge in [-0.3, -0.25) is 4.98 Å². The van der Waals surface area contributed by atoms with E-state index < -0.39 is 0 Å². The largest absolute Gasteiger partial charge is 0.493 e. The highest BCUT2D eigenvalue weighted by molar-refractivity contribution is 6.02. The smallest absolute Gasteiger partial charge is 0.203 e. The van der Waals surface area contributed by atoms with Crippen LogP contribution in [0.5, 0.6) is 17.2 Å². The predicted octanol–water partition coefficient (Wildman–Crippen LogP) is 5.67. The summed E-state index contributed by atoms with van der Waals surface area (Å²) in [6, 6.07) is 15.9. The maximum absolute atomic E-state index is 6.31. The van der Waals surface area contributed by atoms with Crippen molar-refractivity contribution in [1.82, 2.24) is 9.97 Å². The second kappa shape index (κ2) is 7.15. The van der Waals surface area contributed by atoms with Crippen molar-refractivity contribution in [3.05, 3.63) is 60.9 Å². The number of aromatic amines is 1. The molecule has 0 aliphatic rings. The highest BCUT2D eigenvalue weighted by atomic mass is 16.5. The number of hydrogen-bond donors (Lipinski definition) is 1. The Labute approximate surface area is 173 Å². The number of benzene rings is 2. The number of hydrogen-bond acceptors (Lipinski definition) is 5. The van der Waals surface area contributed by atoms with Gasteiger partial charge in [-0.05, 0) is 35.9 Å². The first-order valence-corrected chi connectivity index (χ1v) is 9.49. The van der Waals surface area contributed by atoms with Crippen LogP contribution in [-0.4, -0.2) is 31.3 Å². The number of furan rings is 1. The number of fused-ring (bicyclic) bond motifs is 2. The zero-order valence-corrected chi connectivity index (χ0v) is 16.9. The molecule has 0 bridgehead atoms. The van der Waals surface area contributed by atoms with Gasteiger partial charge in [-0.1, -0.05) is 12.1 Å². The van der Waals surface area contributed by atoms with E-state index in [1.807, 2.05) is 36.5 Å². The number of pyridine rings is 1. The summed E-state index contributed by atoms with van der Waals surface area (Å²) in [5, 5.41) is 1.13. The van der Waals surface area contributed by atoms with Gasteiger partial charge in [0, 0.05) is 40.5 Å². The lowest BCUT2D eigenvalue weighted by Gasteiger charge is -2.13. The number of ether oxygens (including phenoxy) is 3. The summed E-state index contributed by atoms with van der Waals surface area (Å²) >= 11 is 0. The summed E-state index contributed by atoms with van der Waals surface area (Å²) in [4.78, 5) is 7.77. The first kappa shape index (κ1) is 18.1. The second-order valence-corrected chi connectivity index (χ2v) is 6.84.